The second-order valence-corrected chi connectivity index (χ2v) is 5.72. The Balaban J connectivity index is 2.19. The van der Waals surface area contributed by atoms with Gasteiger partial charge in [-0.3, -0.25) is 0 Å². The number of hydrogen-bond acceptors (Lipinski definition) is 2. The van der Waals surface area contributed by atoms with Gasteiger partial charge in [0.15, 0.2) is 0 Å². The normalized spacial score (nSPS) is 10.3. The molecule has 0 radical (unpaired) electrons. The standard InChI is InChI=1S/C14H9Br2FO3/c15-9-4-5-12(11(16)6-9)20-7-8-2-1-3-10(13(8)17)14(18)19/h1-6H,7H2,(H,18,19). The zero-order chi connectivity index (χ0) is 14.7. The summed E-state index contributed by atoms with van der Waals surface area (Å²) in [4.78, 5) is 10.8. The van der Waals surface area contributed by atoms with Crippen LogP contribution >= 0.6 is 31.9 Å². The summed E-state index contributed by atoms with van der Waals surface area (Å²) in [7, 11) is 0. The highest BCUT2D eigenvalue weighted by molar-refractivity contribution is 9.11. The summed E-state index contributed by atoms with van der Waals surface area (Å²) in [6, 6.07) is 9.53. The highest BCUT2D eigenvalue weighted by atomic mass is 79.9. The predicted molar refractivity (Wildman–Crippen MR) is 79.5 cm³/mol. The molecule has 0 amide bonds. The van der Waals surface area contributed by atoms with E-state index in [2.05, 4.69) is 31.9 Å². The molecule has 0 aliphatic rings. The number of ether oxygens (including phenoxy) is 1. The largest absolute Gasteiger partial charge is 0.488 e. The smallest absolute Gasteiger partial charge is 0.338 e. The van der Waals surface area contributed by atoms with E-state index < -0.39 is 11.8 Å². The lowest BCUT2D eigenvalue weighted by molar-refractivity contribution is 0.0691. The Bertz CT molecular complexity index is 659. The van der Waals surface area contributed by atoms with Crippen molar-refractivity contribution in [2.24, 2.45) is 0 Å². The fourth-order valence-electron chi connectivity index (χ4n) is 1.60. The van der Waals surface area contributed by atoms with Crippen molar-refractivity contribution in [3.8, 4) is 5.75 Å². The molecular weight excluding hydrogens is 395 g/mol. The van der Waals surface area contributed by atoms with Gasteiger partial charge in [0.1, 0.15) is 18.2 Å². The number of carbonyl (C=O) groups is 1. The molecule has 0 atom stereocenters. The number of carboxylic acids is 1. The van der Waals surface area contributed by atoms with Gasteiger partial charge in [0.05, 0.1) is 10.0 Å². The second-order valence-electron chi connectivity index (χ2n) is 3.95. The van der Waals surface area contributed by atoms with Crippen LogP contribution in [0.5, 0.6) is 5.75 Å². The van der Waals surface area contributed by atoms with Crippen molar-refractivity contribution in [1.29, 1.82) is 0 Å². The van der Waals surface area contributed by atoms with Gasteiger partial charge in [-0.05, 0) is 40.2 Å². The second kappa shape index (κ2) is 6.37. The van der Waals surface area contributed by atoms with Crippen molar-refractivity contribution in [2.75, 3.05) is 0 Å². The molecule has 0 saturated carbocycles. The van der Waals surface area contributed by atoms with Crippen LogP contribution in [-0.4, -0.2) is 11.1 Å². The average Bonchev–Trinajstić information content (AvgIpc) is 2.39. The molecule has 104 valence electrons. The highest BCUT2D eigenvalue weighted by Gasteiger charge is 2.14. The minimum absolute atomic E-state index is 0.0484. The third kappa shape index (κ3) is 3.37. The molecule has 0 spiro atoms. The zero-order valence-electron chi connectivity index (χ0n) is 10.1. The average molecular weight is 404 g/mol. The van der Waals surface area contributed by atoms with E-state index in [1.165, 1.54) is 18.2 Å². The van der Waals surface area contributed by atoms with Crippen LogP contribution in [0, 0.1) is 5.82 Å². The van der Waals surface area contributed by atoms with Crippen molar-refractivity contribution in [2.45, 2.75) is 6.61 Å². The summed E-state index contributed by atoms with van der Waals surface area (Å²) in [5.74, 6) is -1.52. The van der Waals surface area contributed by atoms with E-state index >= 15 is 0 Å². The van der Waals surface area contributed by atoms with E-state index in [-0.39, 0.29) is 17.7 Å². The van der Waals surface area contributed by atoms with Gasteiger partial charge in [0.2, 0.25) is 0 Å². The first-order valence-corrected chi connectivity index (χ1v) is 7.16. The lowest BCUT2D eigenvalue weighted by Crippen LogP contribution is -2.06. The summed E-state index contributed by atoms with van der Waals surface area (Å²) < 4.78 is 21.0. The number of rotatable bonds is 4. The maximum Gasteiger partial charge on any atom is 0.338 e. The van der Waals surface area contributed by atoms with Crippen LogP contribution < -0.4 is 4.74 Å². The van der Waals surface area contributed by atoms with Crippen LogP contribution in [0.25, 0.3) is 0 Å². The van der Waals surface area contributed by atoms with Crippen LogP contribution in [0.2, 0.25) is 0 Å². The molecule has 0 heterocycles. The molecule has 2 aromatic carbocycles. The van der Waals surface area contributed by atoms with Crippen LogP contribution in [0.1, 0.15) is 15.9 Å². The van der Waals surface area contributed by atoms with Crippen LogP contribution in [-0.2, 0) is 6.61 Å². The van der Waals surface area contributed by atoms with Crippen molar-refractivity contribution in [3.63, 3.8) is 0 Å². The Labute approximate surface area is 131 Å². The highest BCUT2D eigenvalue weighted by Crippen LogP contribution is 2.29. The minimum atomic E-state index is -1.30. The Hall–Kier alpha value is -1.40. The number of aromatic carboxylic acids is 1. The quantitative estimate of drug-likeness (QED) is 0.809. The first-order chi connectivity index (χ1) is 9.49. The first-order valence-electron chi connectivity index (χ1n) is 5.57. The predicted octanol–water partition coefficient (Wildman–Crippen LogP) is 4.63. The van der Waals surface area contributed by atoms with E-state index in [1.54, 1.807) is 18.2 Å². The van der Waals surface area contributed by atoms with Crippen LogP contribution in [0.4, 0.5) is 4.39 Å². The summed E-state index contributed by atoms with van der Waals surface area (Å²) in [5.41, 5.74) is -0.166. The number of hydrogen-bond donors (Lipinski definition) is 1. The topological polar surface area (TPSA) is 46.5 Å². The summed E-state index contributed by atoms with van der Waals surface area (Å²) in [5, 5.41) is 8.86. The Kier molecular flexibility index (Phi) is 4.77. The van der Waals surface area contributed by atoms with Crippen molar-refractivity contribution >= 4 is 37.8 Å². The molecule has 1 N–H and O–H groups in total. The zero-order valence-corrected chi connectivity index (χ0v) is 13.2. The van der Waals surface area contributed by atoms with Crippen molar-refractivity contribution < 1.29 is 19.0 Å². The van der Waals surface area contributed by atoms with E-state index in [0.717, 1.165) is 8.95 Å². The third-order valence-corrected chi connectivity index (χ3v) is 3.70. The molecule has 2 rings (SSSR count). The number of halogens is 3. The Morgan fingerprint density at radius 1 is 1.25 bits per heavy atom. The molecule has 0 unspecified atom stereocenters. The molecule has 0 aliphatic carbocycles. The van der Waals surface area contributed by atoms with Crippen LogP contribution in [0.3, 0.4) is 0 Å². The van der Waals surface area contributed by atoms with Gasteiger partial charge in [-0.2, -0.15) is 0 Å². The number of benzene rings is 2. The van der Waals surface area contributed by atoms with Gasteiger partial charge >= 0.3 is 5.97 Å². The molecule has 0 aliphatic heterocycles. The SMILES string of the molecule is O=C(O)c1cccc(COc2ccc(Br)cc2Br)c1F. The van der Waals surface area contributed by atoms with Crippen molar-refractivity contribution in [1.82, 2.24) is 0 Å². The van der Waals surface area contributed by atoms with E-state index in [1.807, 2.05) is 0 Å². The molecule has 0 fully saturated rings. The fourth-order valence-corrected chi connectivity index (χ4v) is 2.77. The molecule has 0 aromatic heterocycles. The van der Waals surface area contributed by atoms with Gasteiger partial charge < -0.3 is 9.84 Å². The summed E-state index contributed by atoms with van der Waals surface area (Å²) in [6.07, 6.45) is 0. The van der Waals surface area contributed by atoms with E-state index in [4.69, 9.17) is 9.84 Å². The molecule has 6 heteroatoms. The van der Waals surface area contributed by atoms with E-state index in [0.29, 0.717) is 5.75 Å². The Morgan fingerprint density at radius 3 is 2.65 bits per heavy atom. The third-order valence-electron chi connectivity index (χ3n) is 2.59. The van der Waals surface area contributed by atoms with Gasteiger partial charge in [-0.25, -0.2) is 9.18 Å². The van der Waals surface area contributed by atoms with Crippen molar-refractivity contribution in [3.05, 3.63) is 62.3 Å². The van der Waals surface area contributed by atoms with Gasteiger partial charge in [0.25, 0.3) is 0 Å². The monoisotopic (exact) mass is 402 g/mol. The minimum Gasteiger partial charge on any atom is -0.488 e. The first kappa shape index (κ1) is 15.0. The Morgan fingerprint density at radius 2 is 2.00 bits per heavy atom. The fraction of sp³-hybridized carbons (Fsp3) is 0.0714. The van der Waals surface area contributed by atoms with Crippen LogP contribution in [0.15, 0.2) is 45.3 Å². The van der Waals surface area contributed by atoms with E-state index in [9.17, 15) is 9.18 Å². The van der Waals surface area contributed by atoms with Gasteiger partial charge in [-0.1, -0.05) is 28.1 Å². The summed E-state index contributed by atoms with van der Waals surface area (Å²) in [6.45, 7) is -0.0484. The van der Waals surface area contributed by atoms with Gasteiger partial charge in [-0.15, -0.1) is 0 Å². The lowest BCUT2D eigenvalue weighted by atomic mass is 10.1. The molecule has 0 saturated heterocycles. The molecular formula is C14H9Br2FO3. The molecule has 2 aromatic rings. The lowest BCUT2D eigenvalue weighted by Gasteiger charge is -2.10. The maximum atomic E-state index is 13.9. The molecule has 3 nitrogen and oxygen atoms in total. The summed E-state index contributed by atoms with van der Waals surface area (Å²) >= 11 is 6.65. The number of carboxylic acid groups (broad SMARTS) is 1. The maximum absolute atomic E-state index is 13.9. The van der Waals surface area contributed by atoms with Gasteiger partial charge in [0, 0.05) is 10.0 Å². The molecule has 20 heavy (non-hydrogen) atoms. The molecule has 0 bridgehead atoms.